The molecule has 0 radical (unpaired) electrons. The van der Waals surface area contributed by atoms with Crippen LogP contribution in [0.2, 0.25) is 5.02 Å². The number of alkyl halides is 1. The van der Waals surface area contributed by atoms with Crippen LogP contribution in [0.5, 0.6) is 5.75 Å². The molecular weight excluding hydrogens is 285 g/mol. The molecule has 0 aliphatic carbocycles. The molecule has 6 heteroatoms. The number of aliphatic hydroxyl groups is 2. The molecule has 2 atom stereocenters. The molecular formula is C9H11BrClNO3. The first-order chi connectivity index (χ1) is 6.97. The fourth-order valence-corrected chi connectivity index (χ4v) is 1.75. The van der Waals surface area contributed by atoms with Gasteiger partial charge in [-0.25, -0.2) is 0 Å². The first-order valence-electron chi connectivity index (χ1n) is 4.17. The molecule has 15 heavy (non-hydrogen) atoms. The SMILES string of the molecule is Nc1cc(Cl)cc(C(O)C(O)CBr)c1O. The molecule has 0 amide bonds. The zero-order valence-electron chi connectivity index (χ0n) is 7.69. The fourth-order valence-electron chi connectivity index (χ4n) is 1.16. The Morgan fingerprint density at radius 1 is 1.40 bits per heavy atom. The molecule has 5 N–H and O–H groups in total. The number of aromatic hydroxyl groups is 1. The van der Waals surface area contributed by atoms with Crippen molar-refractivity contribution in [1.82, 2.24) is 0 Å². The molecule has 1 rings (SSSR count). The lowest BCUT2D eigenvalue weighted by atomic mass is 10.0. The van der Waals surface area contributed by atoms with Crippen LogP contribution in [-0.2, 0) is 0 Å². The van der Waals surface area contributed by atoms with E-state index in [1.165, 1.54) is 12.1 Å². The summed E-state index contributed by atoms with van der Waals surface area (Å²) in [6.45, 7) is 0. The van der Waals surface area contributed by atoms with Gasteiger partial charge in [-0.1, -0.05) is 27.5 Å². The summed E-state index contributed by atoms with van der Waals surface area (Å²) in [6.07, 6.45) is -2.26. The number of phenolic OH excluding ortho intramolecular Hbond substituents is 1. The fraction of sp³-hybridized carbons (Fsp3) is 0.333. The second-order valence-electron chi connectivity index (χ2n) is 3.10. The molecule has 2 unspecified atom stereocenters. The highest BCUT2D eigenvalue weighted by atomic mass is 79.9. The van der Waals surface area contributed by atoms with Crippen molar-refractivity contribution in [2.75, 3.05) is 11.1 Å². The molecule has 1 aromatic carbocycles. The predicted molar refractivity (Wildman–Crippen MR) is 62.3 cm³/mol. The van der Waals surface area contributed by atoms with Gasteiger partial charge in [-0.05, 0) is 12.1 Å². The number of hydrogen-bond donors (Lipinski definition) is 4. The minimum Gasteiger partial charge on any atom is -0.505 e. The maximum atomic E-state index is 9.66. The molecule has 0 aliphatic heterocycles. The molecule has 0 saturated heterocycles. The molecule has 0 aromatic heterocycles. The van der Waals surface area contributed by atoms with Gasteiger partial charge in [0.2, 0.25) is 0 Å². The first kappa shape index (κ1) is 12.6. The number of aliphatic hydroxyl groups excluding tert-OH is 2. The smallest absolute Gasteiger partial charge is 0.144 e. The Morgan fingerprint density at radius 2 is 2.00 bits per heavy atom. The van der Waals surface area contributed by atoms with E-state index in [0.717, 1.165) is 0 Å². The maximum absolute atomic E-state index is 9.66. The monoisotopic (exact) mass is 295 g/mol. The van der Waals surface area contributed by atoms with E-state index in [0.29, 0.717) is 5.02 Å². The lowest BCUT2D eigenvalue weighted by molar-refractivity contribution is 0.0328. The first-order valence-corrected chi connectivity index (χ1v) is 5.67. The van der Waals surface area contributed by atoms with Crippen LogP contribution in [0.3, 0.4) is 0 Å². The molecule has 0 spiro atoms. The molecule has 4 nitrogen and oxygen atoms in total. The number of hydrogen-bond acceptors (Lipinski definition) is 4. The van der Waals surface area contributed by atoms with Crippen LogP contribution in [0.1, 0.15) is 11.7 Å². The van der Waals surface area contributed by atoms with Crippen molar-refractivity contribution in [2.45, 2.75) is 12.2 Å². The van der Waals surface area contributed by atoms with Crippen molar-refractivity contribution in [3.63, 3.8) is 0 Å². The Labute approximate surface area is 100 Å². The van der Waals surface area contributed by atoms with Crippen molar-refractivity contribution < 1.29 is 15.3 Å². The summed E-state index contributed by atoms with van der Waals surface area (Å²) in [4.78, 5) is 0. The van der Waals surface area contributed by atoms with Gasteiger partial charge in [-0.3, -0.25) is 0 Å². The van der Waals surface area contributed by atoms with E-state index in [-0.39, 0.29) is 22.3 Å². The average molecular weight is 297 g/mol. The summed E-state index contributed by atoms with van der Waals surface area (Å²) in [7, 11) is 0. The Hall–Kier alpha value is -0.490. The van der Waals surface area contributed by atoms with Crippen LogP contribution in [0, 0.1) is 0 Å². The normalized spacial score (nSPS) is 14.9. The third-order valence-electron chi connectivity index (χ3n) is 1.97. The van der Waals surface area contributed by atoms with Gasteiger partial charge in [0.15, 0.2) is 0 Å². The highest BCUT2D eigenvalue weighted by Gasteiger charge is 2.22. The Kier molecular flexibility index (Phi) is 4.21. The minimum absolute atomic E-state index is 0.0679. The van der Waals surface area contributed by atoms with Crippen LogP contribution >= 0.6 is 27.5 Å². The molecule has 0 bridgehead atoms. The van der Waals surface area contributed by atoms with Gasteiger partial charge >= 0.3 is 0 Å². The largest absolute Gasteiger partial charge is 0.505 e. The third-order valence-corrected chi connectivity index (χ3v) is 2.86. The molecule has 0 heterocycles. The third kappa shape index (κ3) is 2.75. The number of nitrogens with two attached hydrogens (primary N) is 1. The number of phenols is 1. The van der Waals surface area contributed by atoms with E-state index in [4.69, 9.17) is 17.3 Å². The summed E-state index contributed by atoms with van der Waals surface area (Å²) in [5.41, 5.74) is 5.65. The molecule has 0 aliphatic rings. The van der Waals surface area contributed by atoms with E-state index < -0.39 is 12.2 Å². The van der Waals surface area contributed by atoms with Gasteiger partial charge in [-0.2, -0.15) is 0 Å². The second-order valence-corrected chi connectivity index (χ2v) is 4.18. The van der Waals surface area contributed by atoms with E-state index in [1.54, 1.807) is 0 Å². The summed E-state index contributed by atoms with van der Waals surface area (Å²) in [5, 5.41) is 29.1. The van der Waals surface area contributed by atoms with Crippen molar-refractivity contribution in [1.29, 1.82) is 0 Å². The Bertz CT molecular complexity index is 361. The average Bonchev–Trinajstić information content (AvgIpc) is 2.21. The number of anilines is 1. The topological polar surface area (TPSA) is 86.7 Å². The molecule has 84 valence electrons. The van der Waals surface area contributed by atoms with Crippen LogP contribution in [0.4, 0.5) is 5.69 Å². The van der Waals surface area contributed by atoms with Crippen LogP contribution in [0.25, 0.3) is 0 Å². The second kappa shape index (κ2) is 5.03. The van der Waals surface area contributed by atoms with Gasteiger partial charge in [0, 0.05) is 15.9 Å². The van der Waals surface area contributed by atoms with Gasteiger partial charge in [-0.15, -0.1) is 0 Å². The zero-order valence-corrected chi connectivity index (χ0v) is 10.0. The number of nitrogen functional groups attached to an aromatic ring is 1. The lowest BCUT2D eigenvalue weighted by Gasteiger charge is -2.18. The standard InChI is InChI=1S/C9H11BrClNO3/c10-3-7(13)9(15)5-1-4(11)2-6(12)8(5)14/h1-2,7,9,13-15H,3,12H2. The van der Waals surface area contributed by atoms with E-state index in [2.05, 4.69) is 15.9 Å². The number of benzene rings is 1. The molecule has 0 fully saturated rings. The number of halogens is 2. The summed E-state index contributed by atoms with van der Waals surface area (Å²) < 4.78 is 0. The van der Waals surface area contributed by atoms with Crippen LogP contribution in [-0.4, -0.2) is 26.8 Å². The summed E-state index contributed by atoms with van der Waals surface area (Å²) in [6, 6.07) is 2.73. The number of rotatable bonds is 3. The lowest BCUT2D eigenvalue weighted by Crippen LogP contribution is -2.19. The van der Waals surface area contributed by atoms with Gasteiger partial charge < -0.3 is 21.1 Å². The van der Waals surface area contributed by atoms with Gasteiger partial charge in [0.25, 0.3) is 0 Å². The maximum Gasteiger partial charge on any atom is 0.144 e. The highest BCUT2D eigenvalue weighted by molar-refractivity contribution is 9.09. The van der Waals surface area contributed by atoms with E-state index in [1.807, 2.05) is 0 Å². The van der Waals surface area contributed by atoms with Crippen molar-refractivity contribution in [2.24, 2.45) is 0 Å². The highest BCUT2D eigenvalue weighted by Crippen LogP contribution is 2.34. The minimum atomic E-state index is -1.23. The van der Waals surface area contributed by atoms with Gasteiger partial charge in [0.05, 0.1) is 11.8 Å². The van der Waals surface area contributed by atoms with Crippen LogP contribution in [0.15, 0.2) is 12.1 Å². The van der Waals surface area contributed by atoms with E-state index >= 15 is 0 Å². The molecule has 0 saturated carbocycles. The van der Waals surface area contributed by atoms with E-state index in [9.17, 15) is 15.3 Å². The van der Waals surface area contributed by atoms with Crippen molar-refractivity contribution in [3.05, 3.63) is 22.7 Å². The Morgan fingerprint density at radius 3 is 2.53 bits per heavy atom. The predicted octanol–water partition coefficient (Wildman–Crippen LogP) is 1.42. The van der Waals surface area contributed by atoms with Gasteiger partial charge in [0.1, 0.15) is 11.9 Å². The van der Waals surface area contributed by atoms with Crippen LogP contribution < -0.4 is 5.73 Å². The van der Waals surface area contributed by atoms with Crippen molar-refractivity contribution >= 4 is 33.2 Å². The Balaban J connectivity index is 3.13. The quantitative estimate of drug-likeness (QED) is 0.386. The van der Waals surface area contributed by atoms with Crippen molar-refractivity contribution in [3.8, 4) is 5.75 Å². The molecule has 1 aromatic rings. The summed E-state index contributed by atoms with van der Waals surface area (Å²) in [5.74, 6) is -0.257. The summed E-state index contributed by atoms with van der Waals surface area (Å²) >= 11 is 8.74. The zero-order chi connectivity index (χ0) is 11.6.